The normalized spacial score (nSPS) is 12.1. The Morgan fingerprint density at radius 3 is 2.58 bits per heavy atom. The molecular weight excluding hydrogens is 350 g/mol. The van der Waals surface area contributed by atoms with Crippen molar-refractivity contribution in [3.63, 3.8) is 0 Å². The molecule has 0 bridgehead atoms. The van der Waals surface area contributed by atoms with Gasteiger partial charge in [-0.2, -0.15) is 0 Å². The third-order valence-electron chi connectivity index (χ3n) is 3.14. The first-order chi connectivity index (χ1) is 11.3. The molecule has 0 aromatic heterocycles. The minimum atomic E-state index is -2.94. The highest BCUT2D eigenvalue weighted by atomic mass is 35.5. The van der Waals surface area contributed by atoms with Crippen molar-refractivity contribution in [1.82, 2.24) is 10.2 Å². The zero-order valence-electron chi connectivity index (χ0n) is 14.5. The van der Waals surface area contributed by atoms with Gasteiger partial charge in [-0.3, -0.25) is 4.99 Å². The van der Waals surface area contributed by atoms with Gasteiger partial charge in [-0.05, 0) is 37.6 Å². The summed E-state index contributed by atoms with van der Waals surface area (Å²) >= 11 is 5.84. The Hall–Kier alpha value is -1.47. The Bertz CT molecular complexity index is 618. The van der Waals surface area contributed by atoms with Crippen molar-refractivity contribution in [1.29, 1.82) is 0 Å². The van der Waals surface area contributed by atoms with Crippen LogP contribution in [0.3, 0.4) is 0 Å². The first-order valence-electron chi connectivity index (χ1n) is 7.87. The highest BCUT2D eigenvalue weighted by Crippen LogP contribution is 2.15. The molecule has 1 aromatic rings. The van der Waals surface area contributed by atoms with Gasteiger partial charge in [0.1, 0.15) is 22.2 Å². The molecule has 1 rings (SSSR count). The summed E-state index contributed by atoms with van der Waals surface area (Å²) in [6, 6.07) is 7.22. The molecule has 1 N–H and O–H groups in total. The Morgan fingerprint density at radius 1 is 1.33 bits per heavy atom. The van der Waals surface area contributed by atoms with Crippen LogP contribution in [0.25, 0.3) is 0 Å². The van der Waals surface area contributed by atoms with Crippen molar-refractivity contribution in [3.8, 4) is 5.75 Å². The van der Waals surface area contributed by atoms with Crippen LogP contribution in [-0.2, 0) is 9.84 Å². The molecule has 0 saturated heterocycles. The lowest BCUT2D eigenvalue weighted by Gasteiger charge is -2.22. The van der Waals surface area contributed by atoms with Crippen molar-refractivity contribution < 1.29 is 13.2 Å². The molecule has 0 heterocycles. The third kappa shape index (κ3) is 8.98. The molecular formula is C16H26ClN3O3S. The Labute approximate surface area is 149 Å². The van der Waals surface area contributed by atoms with Crippen LogP contribution in [0.5, 0.6) is 5.75 Å². The van der Waals surface area contributed by atoms with Crippen molar-refractivity contribution >= 4 is 27.4 Å². The summed E-state index contributed by atoms with van der Waals surface area (Å²) < 4.78 is 27.9. The molecule has 0 aliphatic rings. The molecule has 0 fully saturated rings. The second-order valence-electron chi connectivity index (χ2n) is 5.44. The van der Waals surface area contributed by atoms with E-state index in [4.69, 9.17) is 16.3 Å². The number of likely N-dealkylation sites (N-methyl/N-ethyl adjacent to an activating group) is 1. The van der Waals surface area contributed by atoms with Gasteiger partial charge in [-0.25, -0.2) is 8.42 Å². The fourth-order valence-electron chi connectivity index (χ4n) is 1.92. The Kier molecular flexibility index (Phi) is 8.92. The average Bonchev–Trinajstić information content (AvgIpc) is 2.51. The van der Waals surface area contributed by atoms with Crippen LogP contribution in [0, 0.1) is 0 Å². The zero-order valence-corrected chi connectivity index (χ0v) is 16.0. The topological polar surface area (TPSA) is 71.0 Å². The number of hydrogen-bond donors (Lipinski definition) is 1. The average molecular weight is 376 g/mol. The third-order valence-corrected chi connectivity index (χ3v) is 4.42. The number of nitrogens with zero attached hydrogens (tertiary/aromatic N) is 2. The van der Waals surface area contributed by atoms with Gasteiger partial charge < -0.3 is 15.0 Å². The van der Waals surface area contributed by atoms with E-state index in [0.29, 0.717) is 31.1 Å². The standard InChI is InChI=1S/C16H26ClN3O3S/c1-4-18-16(19-10-5-13-24(3,21)22)20(2)11-12-23-15-8-6-14(17)7-9-15/h6-9H,4-5,10-13H2,1-3H3,(H,18,19). The molecule has 0 unspecified atom stereocenters. The van der Waals surface area contributed by atoms with Crippen LogP contribution in [0.4, 0.5) is 0 Å². The number of hydrogen-bond acceptors (Lipinski definition) is 4. The number of aliphatic imine (C=N–C) groups is 1. The lowest BCUT2D eigenvalue weighted by atomic mass is 10.3. The van der Waals surface area contributed by atoms with Gasteiger partial charge in [0.2, 0.25) is 0 Å². The quantitative estimate of drug-likeness (QED) is 0.406. The molecule has 0 aliphatic carbocycles. The smallest absolute Gasteiger partial charge is 0.193 e. The largest absolute Gasteiger partial charge is 0.492 e. The summed E-state index contributed by atoms with van der Waals surface area (Å²) in [5, 5.41) is 3.87. The van der Waals surface area contributed by atoms with Gasteiger partial charge >= 0.3 is 0 Å². The molecule has 24 heavy (non-hydrogen) atoms. The van der Waals surface area contributed by atoms with Crippen molar-refractivity contribution in [2.45, 2.75) is 13.3 Å². The van der Waals surface area contributed by atoms with Gasteiger partial charge in [-0.1, -0.05) is 11.6 Å². The van der Waals surface area contributed by atoms with E-state index in [9.17, 15) is 8.42 Å². The lowest BCUT2D eigenvalue weighted by Crippen LogP contribution is -2.41. The number of guanidine groups is 1. The molecule has 1 aromatic carbocycles. The van der Waals surface area contributed by atoms with Gasteiger partial charge in [0.05, 0.1) is 12.3 Å². The van der Waals surface area contributed by atoms with Crippen LogP contribution < -0.4 is 10.1 Å². The van der Waals surface area contributed by atoms with Crippen LogP contribution in [0.15, 0.2) is 29.3 Å². The summed E-state index contributed by atoms with van der Waals surface area (Å²) in [6.07, 6.45) is 1.75. The number of halogens is 1. The molecule has 0 radical (unpaired) electrons. The minimum Gasteiger partial charge on any atom is -0.492 e. The maximum atomic E-state index is 11.1. The molecule has 0 saturated carbocycles. The van der Waals surface area contributed by atoms with Crippen molar-refractivity contribution in [2.75, 3.05) is 45.3 Å². The SMILES string of the molecule is CCNC(=NCCCS(C)(=O)=O)N(C)CCOc1ccc(Cl)cc1. The zero-order chi connectivity index (χ0) is 18.0. The predicted octanol–water partition coefficient (Wildman–Crippen LogP) is 2.05. The molecule has 6 nitrogen and oxygen atoms in total. The highest BCUT2D eigenvalue weighted by Gasteiger charge is 2.06. The van der Waals surface area contributed by atoms with Gasteiger partial charge in [0, 0.05) is 31.4 Å². The van der Waals surface area contributed by atoms with Crippen LogP contribution in [0.2, 0.25) is 5.02 Å². The summed E-state index contributed by atoms with van der Waals surface area (Å²) in [6.45, 7) is 4.36. The maximum absolute atomic E-state index is 11.1. The van der Waals surface area contributed by atoms with Gasteiger partial charge in [0.25, 0.3) is 0 Å². The lowest BCUT2D eigenvalue weighted by molar-refractivity contribution is 0.281. The molecule has 8 heteroatoms. The summed E-state index contributed by atoms with van der Waals surface area (Å²) in [7, 11) is -1.02. The van der Waals surface area contributed by atoms with E-state index in [-0.39, 0.29) is 5.75 Å². The predicted molar refractivity (Wildman–Crippen MR) is 99.9 cm³/mol. The number of sulfone groups is 1. The molecule has 0 amide bonds. The Morgan fingerprint density at radius 2 is 2.00 bits per heavy atom. The van der Waals surface area contributed by atoms with Crippen molar-refractivity contribution in [3.05, 3.63) is 29.3 Å². The second-order valence-corrected chi connectivity index (χ2v) is 8.14. The second kappa shape index (κ2) is 10.4. The molecule has 136 valence electrons. The first-order valence-corrected chi connectivity index (χ1v) is 10.3. The van der Waals surface area contributed by atoms with E-state index in [2.05, 4.69) is 10.3 Å². The highest BCUT2D eigenvalue weighted by molar-refractivity contribution is 7.90. The van der Waals surface area contributed by atoms with E-state index in [1.807, 2.05) is 31.0 Å². The van der Waals surface area contributed by atoms with E-state index < -0.39 is 9.84 Å². The van der Waals surface area contributed by atoms with Crippen molar-refractivity contribution in [2.24, 2.45) is 4.99 Å². The minimum absolute atomic E-state index is 0.152. The van der Waals surface area contributed by atoms with Crippen LogP contribution in [-0.4, -0.2) is 64.6 Å². The summed E-state index contributed by atoms with van der Waals surface area (Å²) in [4.78, 5) is 6.41. The monoisotopic (exact) mass is 375 g/mol. The number of rotatable bonds is 9. The number of nitrogens with one attached hydrogen (secondary N) is 1. The first kappa shape index (κ1) is 20.6. The van der Waals surface area contributed by atoms with Crippen LogP contribution in [0.1, 0.15) is 13.3 Å². The van der Waals surface area contributed by atoms with E-state index >= 15 is 0 Å². The molecule has 0 aliphatic heterocycles. The maximum Gasteiger partial charge on any atom is 0.193 e. The van der Waals surface area contributed by atoms with E-state index in [1.54, 1.807) is 12.1 Å². The fraction of sp³-hybridized carbons (Fsp3) is 0.562. The van der Waals surface area contributed by atoms with Gasteiger partial charge in [0.15, 0.2) is 5.96 Å². The molecule has 0 atom stereocenters. The number of ether oxygens (including phenoxy) is 1. The van der Waals surface area contributed by atoms with Crippen LogP contribution >= 0.6 is 11.6 Å². The number of benzene rings is 1. The Balaban J connectivity index is 2.44. The summed E-state index contributed by atoms with van der Waals surface area (Å²) in [5.41, 5.74) is 0. The van der Waals surface area contributed by atoms with E-state index in [0.717, 1.165) is 18.3 Å². The van der Waals surface area contributed by atoms with E-state index in [1.165, 1.54) is 6.26 Å². The fourth-order valence-corrected chi connectivity index (χ4v) is 2.70. The van der Waals surface area contributed by atoms with Gasteiger partial charge in [-0.15, -0.1) is 0 Å². The summed E-state index contributed by atoms with van der Waals surface area (Å²) in [5.74, 6) is 1.66. The molecule has 0 spiro atoms.